The molecule has 2 aliphatic heterocycles. The minimum atomic E-state index is -0.716. The van der Waals surface area contributed by atoms with Gasteiger partial charge in [-0.25, -0.2) is 4.90 Å². The molecule has 1 saturated heterocycles. The van der Waals surface area contributed by atoms with Crippen molar-refractivity contribution in [3.8, 4) is 17.2 Å². The van der Waals surface area contributed by atoms with Crippen LogP contribution in [-0.4, -0.2) is 36.2 Å². The highest BCUT2D eigenvalue weighted by Gasteiger charge is 2.39. The van der Waals surface area contributed by atoms with Crippen molar-refractivity contribution in [1.29, 1.82) is 0 Å². The van der Waals surface area contributed by atoms with E-state index >= 15 is 0 Å². The van der Waals surface area contributed by atoms with E-state index in [1.54, 1.807) is 12.1 Å². The zero-order valence-electron chi connectivity index (χ0n) is 14.3. The number of nitrogens with zero attached hydrogens (tertiary/aromatic N) is 1. The number of anilines is 2. The fourth-order valence-electron chi connectivity index (χ4n) is 3.13. The van der Waals surface area contributed by atoms with Gasteiger partial charge in [-0.05, 0) is 30.3 Å². The molecule has 1 atom stereocenters. The van der Waals surface area contributed by atoms with Crippen LogP contribution in [0.2, 0.25) is 5.02 Å². The standard InChI is InChI=1S/C19H17ClN2O5/c20-14-8-11(9-16-18(14)27-7-1-6-26-16)21-15-10-17(24)22(19(15)25)12-2-4-13(23)5-3-12/h2-5,8-9,15,21,23H,1,6-7,10H2. The molecule has 0 aliphatic carbocycles. The van der Waals surface area contributed by atoms with E-state index < -0.39 is 6.04 Å². The quantitative estimate of drug-likeness (QED) is 0.786. The number of fused-ring (bicyclic) bond motifs is 1. The topological polar surface area (TPSA) is 88.1 Å². The van der Waals surface area contributed by atoms with E-state index in [0.29, 0.717) is 41.1 Å². The van der Waals surface area contributed by atoms with Gasteiger partial charge in [0, 0.05) is 18.2 Å². The SMILES string of the molecule is O=C1CC(Nc2cc(Cl)c3c(c2)OCCCO3)C(=O)N1c1ccc(O)cc1. The van der Waals surface area contributed by atoms with Crippen molar-refractivity contribution in [2.75, 3.05) is 23.4 Å². The molecule has 1 unspecified atom stereocenters. The van der Waals surface area contributed by atoms with Gasteiger partial charge in [-0.15, -0.1) is 0 Å². The van der Waals surface area contributed by atoms with E-state index in [1.807, 2.05) is 0 Å². The largest absolute Gasteiger partial charge is 0.508 e. The highest BCUT2D eigenvalue weighted by atomic mass is 35.5. The molecule has 2 aromatic rings. The molecule has 0 spiro atoms. The van der Waals surface area contributed by atoms with Crippen LogP contribution in [0.4, 0.5) is 11.4 Å². The lowest BCUT2D eigenvalue weighted by Crippen LogP contribution is -2.34. The number of hydrogen-bond donors (Lipinski definition) is 2. The second-order valence-corrected chi connectivity index (χ2v) is 6.73. The molecule has 1 fully saturated rings. The van der Waals surface area contributed by atoms with Crippen LogP contribution in [0.25, 0.3) is 0 Å². The predicted octanol–water partition coefficient (Wildman–Crippen LogP) is 2.95. The highest BCUT2D eigenvalue weighted by molar-refractivity contribution is 6.32. The molecule has 7 nitrogen and oxygen atoms in total. The summed E-state index contributed by atoms with van der Waals surface area (Å²) < 4.78 is 11.2. The average Bonchev–Trinajstić information content (AvgIpc) is 2.81. The summed E-state index contributed by atoms with van der Waals surface area (Å²) in [7, 11) is 0. The van der Waals surface area contributed by atoms with Crippen molar-refractivity contribution in [3.63, 3.8) is 0 Å². The third-order valence-electron chi connectivity index (χ3n) is 4.40. The Morgan fingerprint density at radius 3 is 2.63 bits per heavy atom. The third-order valence-corrected chi connectivity index (χ3v) is 4.68. The number of halogens is 1. The van der Waals surface area contributed by atoms with Crippen LogP contribution in [0.5, 0.6) is 17.2 Å². The van der Waals surface area contributed by atoms with Crippen LogP contribution in [0.1, 0.15) is 12.8 Å². The Labute approximate surface area is 160 Å². The van der Waals surface area contributed by atoms with Crippen LogP contribution in [0.15, 0.2) is 36.4 Å². The molecule has 2 heterocycles. The smallest absolute Gasteiger partial charge is 0.256 e. The number of phenolic OH excluding ortho intramolecular Hbond substituents is 1. The van der Waals surface area contributed by atoms with E-state index in [4.69, 9.17) is 21.1 Å². The third kappa shape index (κ3) is 3.38. The number of imide groups is 1. The highest BCUT2D eigenvalue weighted by Crippen LogP contribution is 2.40. The zero-order chi connectivity index (χ0) is 19.0. The monoisotopic (exact) mass is 388 g/mol. The molecular weight excluding hydrogens is 372 g/mol. The molecule has 0 saturated carbocycles. The predicted molar refractivity (Wildman–Crippen MR) is 99.7 cm³/mol. The van der Waals surface area contributed by atoms with E-state index in [-0.39, 0.29) is 24.0 Å². The number of rotatable bonds is 3. The van der Waals surface area contributed by atoms with Crippen molar-refractivity contribution < 1.29 is 24.2 Å². The summed E-state index contributed by atoms with van der Waals surface area (Å²) in [6, 6.07) is 8.56. The van der Waals surface area contributed by atoms with Crippen LogP contribution in [-0.2, 0) is 9.59 Å². The fraction of sp³-hybridized carbons (Fsp3) is 0.263. The van der Waals surface area contributed by atoms with Gasteiger partial charge in [0.25, 0.3) is 5.91 Å². The Morgan fingerprint density at radius 1 is 1.11 bits per heavy atom. The number of carbonyl (C=O) groups is 2. The van der Waals surface area contributed by atoms with E-state index in [1.165, 1.54) is 24.3 Å². The van der Waals surface area contributed by atoms with Gasteiger partial charge in [-0.2, -0.15) is 0 Å². The number of hydrogen-bond acceptors (Lipinski definition) is 6. The molecule has 2 aliphatic rings. The minimum absolute atomic E-state index is 0.0196. The Kier molecular flexibility index (Phi) is 4.53. The maximum absolute atomic E-state index is 12.7. The molecule has 0 aromatic heterocycles. The van der Waals surface area contributed by atoms with Gasteiger partial charge >= 0.3 is 0 Å². The number of amides is 2. The number of nitrogens with one attached hydrogen (secondary N) is 1. The summed E-state index contributed by atoms with van der Waals surface area (Å²) in [4.78, 5) is 26.2. The number of aromatic hydroxyl groups is 1. The van der Waals surface area contributed by atoms with Crippen molar-refractivity contribution in [1.82, 2.24) is 0 Å². The summed E-state index contributed by atoms with van der Waals surface area (Å²) in [6.45, 7) is 1.04. The second kappa shape index (κ2) is 7.00. The van der Waals surface area contributed by atoms with Crippen LogP contribution in [0, 0.1) is 0 Å². The zero-order valence-corrected chi connectivity index (χ0v) is 15.0. The molecule has 0 radical (unpaired) electrons. The first-order valence-corrected chi connectivity index (χ1v) is 8.92. The van der Waals surface area contributed by atoms with E-state index in [9.17, 15) is 14.7 Å². The number of benzene rings is 2. The molecule has 8 heteroatoms. The van der Waals surface area contributed by atoms with Crippen LogP contribution < -0.4 is 19.7 Å². The lowest BCUT2D eigenvalue weighted by molar-refractivity contribution is -0.121. The summed E-state index contributed by atoms with van der Waals surface area (Å²) in [5, 5.41) is 12.8. The summed E-state index contributed by atoms with van der Waals surface area (Å²) >= 11 is 6.28. The van der Waals surface area contributed by atoms with Gasteiger partial charge in [-0.1, -0.05) is 11.6 Å². The van der Waals surface area contributed by atoms with E-state index in [2.05, 4.69) is 5.32 Å². The van der Waals surface area contributed by atoms with Crippen molar-refractivity contribution in [3.05, 3.63) is 41.4 Å². The normalized spacial score (nSPS) is 19.1. The molecule has 2 N–H and O–H groups in total. The number of ether oxygens (including phenoxy) is 2. The number of carbonyl (C=O) groups excluding carboxylic acids is 2. The lowest BCUT2D eigenvalue weighted by atomic mass is 10.2. The Hall–Kier alpha value is -2.93. The van der Waals surface area contributed by atoms with Gasteiger partial charge in [0.05, 0.1) is 30.3 Å². The van der Waals surface area contributed by atoms with Crippen molar-refractivity contribution >= 4 is 34.8 Å². The molecule has 2 amide bonds. The van der Waals surface area contributed by atoms with Crippen molar-refractivity contribution in [2.24, 2.45) is 0 Å². The first-order valence-electron chi connectivity index (χ1n) is 8.54. The Bertz CT molecular complexity index is 900. The first-order chi connectivity index (χ1) is 13.0. The van der Waals surface area contributed by atoms with Gasteiger partial charge in [0.15, 0.2) is 11.5 Å². The lowest BCUT2D eigenvalue weighted by Gasteiger charge is -2.17. The summed E-state index contributed by atoms with van der Waals surface area (Å²) in [5.74, 6) is 0.376. The molecule has 140 valence electrons. The van der Waals surface area contributed by atoms with Crippen LogP contribution >= 0.6 is 11.6 Å². The first kappa shape index (κ1) is 17.5. The summed E-state index contributed by atoms with van der Waals surface area (Å²) in [6.07, 6.45) is 0.775. The molecule has 0 bridgehead atoms. The van der Waals surface area contributed by atoms with Crippen molar-refractivity contribution in [2.45, 2.75) is 18.9 Å². The Balaban J connectivity index is 1.56. The molecular formula is C19H17ClN2O5. The van der Waals surface area contributed by atoms with Gasteiger partial charge in [0.2, 0.25) is 5.91 Å². The average molecular weight is 389 g/mol. The van der Waals surface area contributed by atoms with Gasteiger partial charge in [-0.3, -0.25) is 9.59 Å². The Morgan fingerprint density at radius 2 is 1.85 bits per heavy atom. The molecule has 2 aromatic carbocycles. The minimum Gasteiger partial charge on any atom is -0.508 e. The van der Waals surface area contributed by atoms with E-state index in [0.717, 1.165) is 11.3 Å². The molecule has 4 rings (SSSR count). The second-order valence-electron chi connectivity index (χ2n) is 6.32. The van der Waals surface area contributed by atoms with Gasteiger partial charge in [0.1, 0.15) is 11.8 Å². The van der Waals surface area contributed by atoms with Gasteiger partial charge < -0.3 is 19.9 Å². The van der Waals surface area contributed by atoms with Crippen LogP contribution in [0.3, 0.4) is 0 Å². The molecule has 27 heavy (non-hydrogen) atoms. The summed E-state index contributed by atoms with van der Waals surface area (Å²) in [5.41, 5.74) is 0.992. The maximum Gasteiger partial charge on any atom is 0.256 e. The number of phenols is 1. The maximum atomic E-state index is 12.7. The fourth-order valence-corrected chi connectivity index (χ4v) is 3.40.